The topological polar surface area (TPSA) is 64.1 Å². The van der Waals surface area contributed by atoms with Crippen molar-refractivity contribution in [2.75, 3.05) is 13.2 Å². The first-order valence-electron chi connectivity index (χ1n) is 7.89. The van der Waals surface area contributed by atoms with E-state index in [1.165, 1.54) is 6.07 Å². The first-order valence-corrected chi connectivity index (χ1v) is 8.64. The quantitative estimate of drug-likeness (QED) is 0.641. The van der Waals surface area contributed by atoms with Gasteiger partial charge in [0.1, 0.15) is 6.61 Å². The van der Waals surface area contributed by atoms with Crippen molar-refractivity contribution < 1.29 is 9.53 Å². The predicted molar refractivity (Wildman–Crippen MR) is 102 cm³/mol. The van der Waals surface area contributed by atoms with Gasteiger partial charge in [0.2, 0.25) is 5.88 Å². The number of carbonyl (C=O) groups excluding carboxylic acids is 1. The van der Waals surface area contributed by atoms with Crippen LogP contribution in [0, 0.1) is 0 Å². The van der Waals surface area contributed by atoms with Gasteiger partial charge in [0.05, 0.1) is 22.8 Å². The maximum Gasteiger partial charge on any atom is 0.252 e. The van der Waals surface area contributed by atoms with Crippen LogP contribution in [-0.2, 0) is 0 Å². The van der Waals surface area contributed by atoms with E-state index in [2.05, 4.69) is 15.5 Å². The van der Waals surface area contributed by atoms with Crippen LogP contribution in [0.4, 0.5) is 0 Å². The minimum Gasteiger partial charge on any atom is -0.475 e. The van der Waals surface area contributed by atoms with Crippen molar-refractivity contribution in [1.29, 1.82) is 0 Å². The second-order valence-corrected chi connectivity index (χ2v) is 6.20. The molecule has 0 radical (unpaired) electrons. The molecular formula is C19H15Cl2N3O2. The first kappa shape index (κ1) is 18.2. The predicted octanol–water partition coefficient (Wildman–Crippen LogP) is 4.26. The van der Waals surface area contributed by atoms with Crippen molar-refractivity contribution in [3.63, 3.8) is 0 Å². The Morgan fingerprint density at radius 2 is 1.81 bits per heavy atom. The molecule has 0 spiro atoms. The molecular weight excluding hydrogens is 373 g/mol. The fourth-order valence-corrected chi connectivity index (χ4v) is 2.74. The molecule has 3 aromatic rings. The lowest BCUT2D eigenvalue weighted by Crippen LogP contribution is -2.28. The molecule has 0 saturated carbocycles. The largest absolute Gasteiger partial charge is 0.475 e. The summed E-state index contributed by atoms with van der Waals surface area (Å²) < 4.78 is 5.49. The van der Waals surface area contributed by atoms with Crippen LogP contribution in [0.2, 0.25) is 10.0 Å². The molecule has 0 aliphatic carbocycles. The number of ether oxygens (including phenoxy) is 1. The fourth-order valence-electron chi connectivity index (χ4n) is 2.25. The van der Waals surface area contributed by atoms with E-state index in [-0.39, 0.29) is 12.5 Å². The molecule has 1 aromatic heterocycles. The Labute approximate surface area is 160 Å². The van der Waals surface area contributed by atoms with Crippen LogP contribution < -0.4 is 10.1 Å². The number of nitrogens with one attached hydrogen (secondary N) is 1. The van der Waals surface area contributed by atoms with Gasteiger partial charge in [-0.3, -0.25) is 4.79 Å². The zero-order valence-corrected chi connectivity index (χ0v) is 15.2. The molecule has 0 aliphatic heterocycles. The number of benzene rings is 2. The summed E-state index contributed by atoms with van der Waals surface area (Å²) in [5, 5.41) is 11.7. The molecule has 132 valence electrons. The highest BCUT2D eigenvalue weighted by atomic mass is 35.5. The van der Waals surface area contributed by atoms with E-state index in [1.807, 2.05) is 36.4 Å². The number of amides is 1. The number of hydrogen-bond acceptors (Lipinski definition) is 4. The number of hydrogen-bond donors (Lipinski definition) is 1. The van der Waals surface area contributed by atoms with Gasteiger partial charge in [0.15, 0.2) is 0 Å². The van der Waals surface area contributed by atoms with Crippen molar-refractivity contribution in [3.8, 4) is 17.1 Å². The van der Waals surface area contributed by atoms with E-state index in [0.29, 0.717) is 28.0 Å². The van der Waals surface area contributed by atoms with Crippen molar-refractivity contribution >= 4 is 29.1 Å². The summed E-state index contributed by atoms with van der Waals surface area (Å²) in [5.41, 5.74) is 2.12. The van der Waals surface area contributed by atoms with Crippen LogP contribution in [0.1, 0.15) is 10.4 Å². The Hall–Kier alpha value is -2.63. The van der Waals surface area contributed by atoms with Gasteiger partial charge < -0.3 is 10.1 Å². The number of aromatic nitrogens is 2. The monoisotopic (exact) mass is 387 g/mol. The van der Waals surface area contributed by atoms with Gasteiger partial charge in [-0.1, -0.05) is 53.5 Å². The Bertz CT molecular complexity index is 887. The normalized spacial score (nSPS) is 10.4. The molecule has 3 rings (SSSR count). The highest BCUT2D eigenvalue weighted by Crippen LogP contribution is 2.20. The van der Waals surface area contributed by atoms with Crippen LogP contribution >= 0.6 is 23.2 Å². The molecule has 5 nitrogen and oxygen atoms in total. The third-order valence-corrected chi connectivity index (χ3v) is 4.07. The van der Waals surface area contributed by atoms with Crippen molar-refractivity contribution in [3.05, 3.63) is 76.3 Å². The average Bonchev–Trinajstić information content (AvgIpc) is 2.66. The van der Waals surface area contributed by atoms with E-state index < -0.39 is 0 Å². The summed E-state index contributed by atoms with van der Waals surface area (Å²) in [6, 6.07) is 18.0. The number of halogens is 2. The SMILES string of the molecule is O=C(NCCOc1ccc(-c2ccccc2)nn1)c1ccc(Cl)cc1Cl. The van der Waals surface area contributed by atoms with Crippen LogP contribution in [0.25, 0.3) is 11.3 Å². The fraction of sp³-hybridized carbons (Fsp3) is 0.105. The standard InChI is InChI=1S/C19H15Cl2N3O2/c20-14-6-7-15(16(21)12-14)19(25)22-10-11-26-18-9-8-17(23-24-18)13-4-2-1-3-5-13/h1-9,12H,10-11H2,(H,22,25). The summed E-state index contributed by atoms with van der Waals surface area (Å²) in [5.74, 6) is 0.101. The van der Waals surface area contributed by atoms with Gasteiger partial charge in [-0.15, -0.1) is 10.2 Å². The van der Waals surface area contributed by atoms with Crippen LogP contribution in [0.15, 0.2) is 60.7 Å². The highest BCUT2D eigenvalue weighted by molar-refractivity contribution is 6.36. The lowest BCUT2D eigenvalue weighted by Gasteiger charge is -2.08. The van der Waals surface area contributed by atoms with E-state index in [9.17, 15) is 4.79 Å². The Balaban J connectivity index is 1.48. The zero-order valence-electron chi connectivity index (χ0n) is 13.7. The van der Waals surface area contributed by atoms with E-state index in [1.54, 1.807) is 18.2 Å². The lowest BCUT2D eigenvalue weighted by atomic mass is 10.1. The molecule has 26 heavy (non-hydrogen) atoms. The molecule has 0 atom stereocenters. The lowest BCUT2D eigenvalue weighted by molar-refractivity contribution is 0.0946. The molecule has 0 saturated heterocycles. The smallest absolute Gasteiger partial charge is 0.252 e. The second-order valence-electron chi connectivity index (χ2n) is 5.35. The summed E-state index contributed by atoms with van der Waals surface area (Å²) in [6.45, 7) is 0.566. The van der Waals surface area contributed by atoms with Crippen molar-refractivity contribution in [1.82, 2.24) is 15.5 Å². The molecule has 7 heteroatoms. The molecule has 1 N–H and O–H groups in total. The average molecular weight is 388 g/mol. The third-order valence-electron chi connectivity index (χ3n) is 3.52. The van der Waals surface area contributed by atoms with Crippen LogP contribution in [0.5, 0.6) is 5.88 Å². The number of rotatable bonds is 6. The molecule has 0 fully saturated rings. The molecule has 0 unspecified atom stereocenters. The maximum atomic E-state index is 12.1. The van der Waals surface area contributed by atoms with Gasteiger partial charge in [0, 0.05) is 16.7 Å². The van der Waals surface area contributed by atoms with Crippen molar-refractivity contribution in [2.24, 2.45) is 0 Å². The Morgan fingerprint density at radius 3 is 2.50 bits per heavy atom. The minimum atomic E-state index is -0.291. The summed E-state index contributed by atoms with van der Waals surface area (Å²) in [7, 11) is 0. The Kier molecular flexibility index (Phi) is 6.04. The number of carbonyl (C=O) groups is 1. The van der Waals surface area contributed by atoms with E-state index >= 15 is 0 Å². The summed E-state index contributed by atoms with van der Waals surface area (Å²) in [4.78, 5) is 12.1. The zero-order chi connectivity index (χ0) is 18.4. The molecule has 1 heterocycles. The molecule has 0 aliphatic rings. The first-order chi connectivity index (χ1) is 12.6. The Morgan fingerprint density at radius 1 is 1.00 bits per heavy atom. The van der Waals surface area contributed by atoms with Crippen LogP contribution in [0.3, 0.4) is 0 Å². The van der Waals surface area contributed by atoms with Gasteiger partial charge in [0.25, 0.3) is 5.91 Å². The molecule has 1 amide bonds. The maximum absolute atomic E-state index is 12.1. The van der Waals surface area contributed by atoms with Crippen LogP contribution in [-0.4, -0.2) is 29.3 Å². The van der Waals surface area contributed by atoms with E-state index in [0.717, 1.165) is 11.3 Å². The molecule has 2 aromatic carbocycles. The number of nitrogens with zero attached hydrogens (tertiary/aromatic N) is 2. The van der Waals surface area contributed by atoms with Gasteiger partial charge >= 0.3 is 0 Å². The third kappa shape index (κ3) is 4.71. The van der Waals surface area contributed by atoms with Gasteiger partial charge in [-0.2, -0.15) is 0 Å². The summed E-state index contributed by atoms with van der Waals surface area (Å²) >= 11 is 11.8. The van der Waals surface area contributed by atoms with E-state index in [4.69, 9.17) is 27.9 Å². The minimum absolute atomic E-state index is 0.260. The molecule has 0 bridgehead atoms. The second kappa shape index (κ2) is 8.65. The van der Waals surface area contributed by atoms with Crippen molar-refractivity contribution in [2.45, 2.75) is 0 Å². The highest BCUT2D eigenvalue weighted by Gasteiger charge is 2.10. The van der Waals surface area contributed by atoms with Gasteiger partial charge in [-0.25, -0.2) is 0 Å². The summed E-state index contributed by atoms with van der Waals surface area (Å²) in [6.07, 6.45) is 0. The van der Waals surface area contributed by atoms with Gasteiger partial charge in [-0.05, 0) is 24.3 Å².